The maximum Gasteiger partial charge on any atom is 0.427 e. The van der Waals surface area contributed by atoms with Crippen molar-refractivity contribution in [3.63, 3.8) is 0 Å². The summed E-state index contributed by atoms with van der Waals surface area (Å²) in [5.41, 5.74) is 0.663. The minimum atomic E-state index is -3.53. The smallest absolute Gasteiger partial charge is 0.427 e. The molecular formula is C21H22O7P2. The highest BCUT2D eigenvalue weighted by molar-refractivity contribution is 7.57. The highest BCUT2D eigenvalue weighted by Crippen LogP contribution is 2.49. The standard InChI is InChI=1S/C21H22O7P2/c1-29(24,26-20-10-4-7-17(22)13-20)15-16-6-3-9-19(12-16)27-30(2,25)28-21-11-5-8-18(23)14-21/h3-14,22-23H,15H2,1-2H3. The Morgan fingerprint density at radius 1 is 0.700 bits per heavy atom. The quantitative estimate of drug-likeness (QED) is 0.416. The van der Waals surface area contributed by atoms with E-state index in [2.05, 4.69) is 0 Å². The molecule has 9 heteroatoms. The van der Waals surface area contributed by atoms with Gasteiger partial charge in [-0.15, -0.1) is 0 Å². The second kappa shape index (κ2) is 8.86. The van der Waals surface area contributed by atoms with Gasteiger partial charge in [-0.3, -0.25) is 4.57 Å². The van der Waals surface area contributed by atoms with Gasteiger partial charge in [-0.25, -0.2) is 4.57 Å². The van der Waals surface area contributed by atoms with Crippen LogP contribution in [-0.2, 0) is 15.3 Å². The Bertz CT molecular complexity index is 1040. The summed E-state index contributed by atoms with van der Waals surface area (Å²) in [7, 11) is -6.61. The van der Waals surface area contributed by atoms with Gasteiger partial charge >= 0.3 is 7.60 Å². The molecule has 3 rings (SSSR count). The molecule has 0 amide bonds. The van der Waals surface area contributed by atoms with Crippen molar-refractivity contribution in [2.24, 2.45) is 0 Å². The molecule has 0 saturated heterocycles. The number of hydrogen-bond donors (Lipinski definition) is 2. The zero-order valence-electron chi connectivity index (χ0n) is 16.5. The van der Waals surface area contributed by atoms with Crippen molar-refractivity contribution in [1.29, 1.82) is 0 Å². The minimum Gasteiger partial charge on any atom is -0.508 e. The summed E-state index contributed by atoms with van der Waals surface area (Å²) in [6.45, 7) is 2.82. The van der Waals surface area contributed by atoms with E-state index in [1.807, 2.05) is 0 Å². The van der Waals surface area contributed by atoms with Crippen LogP contribution in [-0.4, -0.2) is 23.5 Å². The molecule has 0 saturated carbocycles. The number of benzene rings is 3. The van der Waals surface area contributed by atoms with E-state index in [4.69, 9.17) is 13.6 Å². The van der Waals surface area contributed by atoms with E-state index in [1.165, 1.54) is 37.6 Å². The van der Waals surface area contributed by atoms with E-state index in [0.29, 0.717) is 11.3 Å². The zero-order chi connectivity index (χ0) is 21.8. The molecule has 3 aromatic carbocycles. The first-order valence-corrected chi connectivity index (χ1v) is 13.2. The van der Waals surface area contributed by atoms with Gasteiger partial charge in [0.25, 0.3) is 0 Å². The average molecular weight is 448 g/mol. The van der Waals surface area contributed by atoms with Gasteiger partial charge in [0.15, 0.2) is 0 Å². The summed E-state index contributed by atoms with van der Waals surface area (Å²) >= 11 is 0. The number of rotatable bonds is 8. The molecule has 2 N–H and O–H groups in total. The van der Waals surface area contributed by atoms with Crippen LogP contribution in [0.5, 0.6) is 28.7 Å². The molecule has 0 aliphatic carbocycles. The van der Waals surface area contributed by atoms with Gasteiger partial charge in [-0.2, -0.15) is 0 Å². The van der Waals surface area contributed by atoms with Crippen molar-refractivity contribution < 1.29 is 32.9 Å². The van der Waals surface area contributed by atoms with Crippen LogP contribution < -0.4 is 13.6 Å². The Kier molecular flexibility index (Phi) is 6.45. The largest absolute Gasteiger partial charge is 0.508 e. The molecule has 0 fully saturated rings. The zero-order valence-corrected chi connectivity index (χ0v) is 18.3. The molecule has 0 spiro atoms. The average Bonchev–Trinajstić information content (AvgIpc) is 2.60. The molecule has 2 atom stereocenters. The predicted molar refractivity (Wildman–Crippen MR) is 115 cm³/mol. The molecule has 3 aromatic rings. The topological polar surface area (TPSA) is 102 Å². The molecule has 2 unspecified atom stereocenters. The Morgan fingerprint density at radius 3 is 1.70 bits per heavy atom. The maximum atomic E-state index is 12.9. The van der Waals surface area contributed by atoms with E-state index in [0.717, 1.165) is 0 Å². The van der Waals surface area contributed by atoms with E-state index in [9.17, 15) is 19.3 Å². The molecule has 0 aliphatic rings. The number of hydrogen-bond acceptors (Lipinski definition) is 7. The summed E-state index contributed by atoms with van der Waals surface area (Å²) in [5.74, 6) is 0.824. The highest BCUT2D eigenvalue weighted by Gasteiger charge is 2.23. The molecular weight excluding hydrogens is 426 g/mol. The Morgan fingerprint density at radius 2 is 1.17 bits per heavy atom. The van der Waals surface area contributed by atoms with Crippen LogP contribution in [0.1, 0.15) is 5.56 Å². The van der Waals surface area contributed by atoms with Crippen LogP contribution in [0.25, 0.3) is 0 Å². The van der Waals surface area contributed by atoms with Gasteiger partial charge < -0.3 is 23.8 Å². The fourth-order valence-electron chi connectivity index (χ4n) is 2.77. The first-order chi connectivity index (χ1) is 14.1. The van der Waals surface area contributed by atoms with E-state index < -0.39 is 15.0 Å². The third-order valence-corrected chi connectivity index (χ3v) is 6.47. The van der Waals surface area contributed by atoms with Crippen molar-refractivity contribution in [1.82, 2.24) is 0 Å². The number of phenolic OH excluding ortho intramolecular Hbond substituents is 2. The normalized spacial score (nSPS) is 14.9. The van der Waals surface area contributed by atoms with Crippen LogP contribution >= 0.6 is 15.0 Å². The molecule has 0 bridgehead atoms. The highest BCUT2D eigenvalue weighted by atomic mass is 31.2. The van der Waals surface area contributed by atoms with Crippen LogP contribution in [0, 0.1) is 0 Å². The van der Waals surface area contributed by atoms with Gasteiger partial charge in [0, 0.05) is 18.8 Å². The van der Waals surface area contributed by atoms with Crippen molar-refractivity contribution in [2.75, 3.05) is 13.3 Å². The van der Waals surface area contributed by atoms with Gasteiger partial charge in [0.05, 0.1) is 12.8 Å². The molecule has 0 heterocycles. The molecule has 0 aliphatic heterocycles. The van der Waals surface area contributed by atoms with Crippen molar-refractivity contribution in [2.45, 2.75) is 6.16 Å². The van der Waals surface area contributed by atoms with Crippen LogP contribution in [0.4, 0.5) is 0 Å². The SMILES string of the molecule is CP(=O)(Cc1cccc(OP(C)(=O)Oc2cccc(O)c2)c1)Oc1cccc(O)c1. The maximum absolute atomic E-state index is 12.9. The van der Waals surface area contributed by atoms with Crippen LogP contribution in [0.2, 0.25) is 0 Å². The second-order valence-electron chi connectivity index (χ2n) is 6.86. The lowest BCUT2D eigenvalue weighted by Gasteiger charge is -2.18. The molecule has 158 valence electrons. The third kappa shape index (κ3) is 6.58. The van der Waals surface area contributed by atoms with Crippen LogP contribution in [0.15, 0.2) is 72.8 Å². The summed E-state index contributed by atoms with van der Waals surface area (Å²) < 4.78 is 42.1. The third-order valence-electron chi connectivity index (χ3n) is 3.84. The van der Waals surface area contributed by atoms with E-state index in [-0.39, 0.29) is 29.2 Å². The fourth-order valence-corrected chi connectivity index (χ4v) is 5.28. The number of phenols is 2. The van der Waals surface area contributed by atoms with Crippen molar-refractivity contribution >= 4 is 15.0 Å². The first-order valence-electron chi connectivity index (χ1n) is 9.00. The Hall–Kier alpha value is -2.88. The lowest BCUT2D eigenvalue weighted by Crippen LogP contribution is -2.00. The van der Waals surface area contributed by atoms with Crippen LogP contribution in [0.3, 0.4) is 0 Å². The van der Waals surface area contributed by atoms with Gasteiger partial charge in [-0.1, -0.05) is 24.3 Å². The Balaban J connectivity index is 1.69. The Labute approximate surface area is 174 Å². The predicted octanol–water partition coefficient (Wildman–Crippen LogP) is 5.87. The van der Waals surface area contributed by atoms with E-state index >= 15 is 0 Å². The molecule has 7 nitrogen and oxygen atoms in total. The summed E-state index contributed by atoms with van der Waals surface area (Å²) in [5, 5.41) is 19.0. The lowest BCUT2D eigenvalue weighted by molar-refractivity contribution is 0.391. The lowest BCUT2D eigenvalue weighted by atomic mass is 10.2. The monoisotopic (exact) mass is 448 g/mol. The minimum absolute atomic E-state index is 0.0140. The fraction of sp³-hybridized carbons (Fsp3) is 0.143. The van der Waals surface area contributed by atoms with E-state index in [1.54, 1.807) is 48.5 Å². The molecule has 30 heavy (non-hydrogen) atoms. The van der Waals surface area contributed by atoms with Crippen molar-refractivity contribution in [3.8, 4) is 28.7 Å². The first kappa shape index (κ1) is 21.8. The van der Waals surface area contributed by atoms with Gasteiger partial charge in [0.1, 0.15) is 28.7 Å². The molecule has 0 radical (unpaired) electrons. The molecule has 0 aromatic heterocycles. The number of aromatic hydroxyl groups is 2. The summed E-state index contributed by atoms with van der Waals surface area (Å²) in [4.78, 5) is 0. The van der Waals surface area contributed by atoms with Gasteiger partial charge in [-0.05, 0) is 42.0 Å². The second-order valence-corrected chi connectivity index (χ2v) is 11.3. The van der Waals surface area contributed by atoms with Gasteiger partial charge in [0.2, 0.25) is 7.37 Å². The van der Waals surface area contributed by atoms with Crippen molar-refractivity contribution in [3.05, 3.63) is 78.4 Å². The summed E-state index contributed by atoms with van der Waals surface area (Å²) in [6, 6.07) is 18.7. The summed E-state index contributed by atoms with van der Waals surface area (Å²) in [6.07, 6.45) is 0.112.